The summed E-state index contributed by atoms with van der Waals surface area (Å²) in [6, 6.07) is 15.7. The summed E-state index contributed by atoms with van der Waals surface area (Å²) in [5.74, 6) is 0.930. The van der Waals surface area contributed by atoms with Crippen LogP contribution in [-0.2, 0) is 11.2 Å². The summed E-state index contributed by atoms with van der Waals surface area (Å²) in [5, 5.41) is 6.96. The Hall–Kier alpha value is -3.15. The maximum absolute atomic E-state index is 12.3. The van der Waals surface area contributed by atoms with Crippen molar-refractivity contribution in [1.29, 1.82) is 0 Å². The molecular formula is C22H26N4O2. The van der Waals surface area contributed by atoms with Crippen molar-refractivity contribution in [2.24, 2.45) is 0 Å². The van der Waals surface area contributed by atoms with E-state index in [1.54, 1.807) is 0 Å². The second-order valence-electron chi connectivity index (χ2n) is 6.60. The number of nitrogens with zero attached hydrogens (tertiary/aromatic N) is 3. The highest BCUT2D eigenvalue weighted by Gasteiger charge is 2.12. The summed E-state index contributed by atoms with van der Waals surface area (Å²) in [4.78, 5) is 19.0. The third kappa shape index (κ3) is 4.76. The predicted octanol–water partition coefficient (Wildman–Crippen LogP) is 4.46. The molecule has 6 nitrogen and oxygen atoms in total. The van der Waals surface area contributed by atoms with Crippen molar-refractivity contribution in [3.63, 3.8) is 0 Å². The average molecular weight is 378 g/mol. The largest absolute Gasteiger partial charge is 0.372 e. The Kier molecular flexibility index (Phi) is 6.42. The lowest BCUT2D eigenvalue weighted by molar-refractivity contribution is -0.116. The zero-order valence-corrected chi connectivity index (χ0v) is 16.6. The third-order valence-corrected chi connectivity index (χ3v) is 4.68. The Bertz CT molecular complexity index is 917. The fraction of sp³-hybridized carbons (Fsp3) is 0.318. The monoisotopic (exact) mass is 378 g/mol. The van der Waals surface area contributed by atoms with Crippen LogP contribution in [0.2, 0.25) is 0 Å². The average Bonchev–Trinajstić information content (AvgIpc) is 3.19. The van der Waals surface area contributed by atoms with Crippen LogP contribution in [0, 0.1) is 6.92 Å². The molecule has 1 aromatic heterocycles. The molecule has 0 aliphatic heterocycles. The van der Waals surface area contributed by atoms with Crippen molar-refractivity contribution in [2.75, 3.05) is 23.3 Å². The van der Waals surface area contributed by atoms with Crippen LogP contribution in [0.25, 0.3) is 11.4 Å². The Morgan fingerprint density at radius 3 is 2.54 bits per heavy atom. The van der Waals surface area contributed by atoms with Crippen molar-refractivity contribution in [2.45, 2.75) is 33.6 Å². The van der Waals surface area contributed by atoms with E-state index in [0.29, 0.717) is 18.1 Å². The molecule has 0 saturated heterocycles. The second-order valence-corrected chi connectivity index (χ2v) is 6.60. The molecular weight excluding hydrogens is 352 g/mol. The first-order valence-electron chi connectivity index (χ1n) is 9.64. The molecule has 1 amide bonds. The van der Waals surface area contributed by atoms with Gasteiger partial charge in [0.1, 0.15) is 0 Å². The maximum Gasteiger partial charge on any atom is 0.227 e. The minimum atomic E-state index is -0.0712. The van der Waals surface area contributed by atoms with E-state index in [9.17, 15) is 4.79 Å². The maximum atomic E-state index is 12.3. The van der Waals surface area contributed by atoms with Crippen LogP contribution >= 0.6 is 0 Å². The van der Waals surface area contributed by atoms with Crippen molar-refractivity contribution < 1.29 is 9.32 Å². The minimum absolute atomic E-state index is 0.0712. The van der Waals surface area contributed by atoms with Crippen LogP contribution < -0.4 is 10.2 Å². The van der Waals surface area contributed by atoms with Gasteiger partial charge in [0.15, 0.2) is 0 Å². The van der Waals surface area contributed by atoms with E-state index in [4.69, 9.17) is 4.52 Å². The van der Waals surface area contributed by atoms with Gasteiger partial charge in [-0.05, 0) is 44.5 Å². The third-order valence-electron chi connectivity index (χ3n) is 4.68. The molecule has 0 aliphatic carbocycles. The van der Waals surface area contributed by atoms with Crippen LogP contribution in [0.3, 0.4) is 0 Å². The van der Waals surface area contributed by atoms with Gasteiger partial charge in [0.25, 0.3) is 0 Å². The molecule has 1 heterocycles. The Balaban J connectivity index is 1.57. The molecule has 28 heavy (non-hydrogen) atoms. The number of carbonyl (C=O) groups is 1. The van der Waals surface area contributed by atoms with E-state index in [-0.39, 0.29) is 12.3 Å². The number of hydrogen-bond acceptors (Lipinski definition) is 5. The van der Waals surface area contributed by atoms with E-state index in [0.717, 1.165) is 29.9 Å². The standard InChI is InChI=1S/C22H26N4O2/c1-4-26(5-2)18-11-12-19(16(3)15-18)23-20(27)13-14-21-24-22(25-28-21)17-9-7-6-8-10-17/h6-12,15H,4-5,13-14H2,1-3H3,(H,23,27). The molecule has 0 fully saturated rings. The second kappa shape index (κ2) is 9.17. The van der Waals surface area contributed by atoms with Gasteiger partial charge in [-0.25, -0.2) is 0 Å². The van der Waals surface area contributed by atoms with E-state index >= 15 is 0 Å². The highest BCUT2D eigenvalue weighted by Crippen LogP contribution is 2.23. The fourth-order valence-electron chi connectivity index (χ4n) is 3.07. The quantitative estimate of drug-likeness (QED) is 0.626. The zero-order valence-electron chi connectivity index (χ0n) is 16.6. The molecule has 146 valence electrons. The normalized spacial score (nSPS) is 10.7. The summed E-state index contributed by atoms with van der Waals surface area (Å²) in [6.07, 6.45) is 0.690. The van der Waals surface area contributed by atoms with E-state index in [2.05, 4.69) is 40.3 Å². The van der Waals surface area contributed by atoms with Gasteiger partial charge in [0, 0.05) is 42.9 Å². The molecule has 0 unspecified atom stereocenters. The summed E-state index contributed by atoms with van der Waals surface area (Å²) >= 11 is 0. The number of benzene rings is 2. The highest BCUT2D eigenvalue weighted by atomic mass is 16.5. The first-order valence-corrected chi connectivity index (χ1v) is 9.64. The number of rotatable bonds is 8. The van der Waals surface area contributed by atoms with Gasteiger partial charge in [-0.1, -0.05) is 35.5 Å². The van der Waals surface area contributed by atoms with Crippen molar-refractivity contribution in [1.82, 2.24) is 10.1 Å². The van der Waals surface area contributed by atoms with Gasteiger partial charge in [0.05, 0.1) is 0 Å². The van der Waals surface area contributed by atoms with E-state index in [1.165, 1.54) is 5.69 Å². The van der Waals surface area contributed by atoms with Crippen LogP contribution in [0.5, 0.6) is 0 Å². The van der Waals surface area contributed by atoms with Gasteiger partial charge < -0.3 is 14.7 Å². The number of hydrogen-bond donors (Lipinski definition) is 1. The van der Waals surface area contributed by atoms with Crippen LogP contribution in [0.15, 0.2) is 53.1 Å². The molecule has 0 bridgehead atoms. The Morgan fingerprint density at radius 2 is 1.86 bits per heavy atom. The van der Waals surface area contributed by atoms with Crippen LogP contribution in [0.4, 0.5) is 11.4 Å². The van der Waals surface area contributed by atoms with E-state index in [1.807, 2.05) is 49.4 Å². The molecule has 0 aliphatic rings. The fourth-order valence-corrected chi connectivity index (χ4v) is 3.07. The van der Waals surface area contributed by atoms with Crippen molar-refractivity contribution in [3.05, 3.63) is 60.0 Å². The summed E-state index contributed by atoms with van der Waals surface area (Å²) in [6.45, 7) is 8.19. The van der Waals surface area contributed by atoms with Gasteiger partial charge in [-0.15, -0.1) is 0 Å². The summed E-state index contributed by atoms with van der Waals surface area (Å²) in [7, 11) is 0. The number of amides is 1. The zero-order chi connectivity index (χ0) is 19.9. The number of anilines is 2. The lowest BCUT2D eigenvalue weighted by Crippen LogP contribution is -2.22. The SMILES string of the molecule is CCN(CC)c1ccc(NC(=O)CCc2nc(-c3ccccc3)no2)c(C)c1. The molecule has 3 aromatic rings. The van der Waals surface area contributed by atoms with Crippen LogP contribution in [-0.4, -0.2) is 29.1 Å². The molecule has 1 N–H and O–H groups in total. The van der Waals surface area contributed by atoms with Gasteiger partial charge in [-0.2, -0.15) is 4.98 Å². The predicted molar refractivity (Wildman–Crippen MR) is 111 cm³/mol. The molecule has 0 spiro atoms. The molecule has 0 saturated carbocycles. The van der Waals surface area contributed by atoms with Crippen molar-refractivity contribution >= 4 is 17.3 Å². The highest BCUT2D eigenvalue weighted by molar-refractivity contribution is 5.91. The van der Waals surface area contributed by atoms with Crippen LogP contribution in [0.1, 0.15) is 31.7 Å². The van der Waals surface area contributed by atoms with Gasteiger partial charge in [0.2, 0.25) is 17.6 Å². The molecule has 3 rings (SSSR count). The summed E-state index contributed by atoms with van der Waals surface area (Å²) in [5.41, 5.74) is 3.93. The van der Waals surface area contributed by atoms with Gasteiger partial charge in [-0.3, -0.25) is 4.79 Å². The Labute approximate surface area is 165 Å². The van der Waals surface area contributed by atoms with Gasteiger partial charge >= 0.3 is 0 Å². The number of aryl methyl sites for hydroxylation is 2. The smallest absolute Gasteiger partial charge is 0.227 e. The van der Waals surface area contributed by atoms with Crippen molar-refractivity contribution in [3.8, 4) is 11.4 Å². The first kappa shape index (κ1) is 19.6. The molecule has 2 aromatic carbocycles. The molecule has 6 heteroatoms. The first-order chi connectivity index (χ1) is 13.6. The molecule has 0 radical (unpaired) electrons. The number of aromatic nitrogens is 2. The number of nitrogens with one attached hydrogen (secondary N) is 1. The summed E-state index contributed by atoms with van der Waals surface area (Å²) < 4.78 is 5.26. The lowest BCUT2D eigenvalue weighted by Gasteiger charge is -2.22. The lowest BCUT2D eigenvalue weighted by atomic mass is 10.1. The molecule has 0 atom stereocenters. The Morgan fingerprint density at radius 1 is 1.11 bits per heavy atom. The minimum Gasteiger partial charge on any atom is -0.372 e. The van der Waals surface area contributed by atoms with E-state index < -0.39 is 0 Å². The number of carbonyl (C=O) groups excluding carboxylic acids is 1. The topological polar surface area (TPSA) is 71.3 Å².